The summed E-state index contributed by atoms with van der Waals surface area (Å²) in [6, 6.07) is 8.98. The van der Waals surface area contributed by atoms with E-state index in [0.29, 0.717) is 24.3 Å². The van der Waals surface area contributed by atoms with Crippen molar-refractivity contribution in [3.05, 3.63) is 30.3 Å². The van der Waals surface area contributed by atoms with E-state index in [4.69, 9.17) is 0 Å². The molecule has 1 saturated heterocycles. The zero-order valence-electron chi connectivity index (χ0n) is 12.0. The lowest BCUT2D eigenvalue weighted by atomic mass is 9.79. The summed E-state index contributed by atoms with van der Waals surface area (Å²) in [5, 5.41) is 20.0. The van der Waals surface area contributed by atoms with Crippen LogP contribution in [-0.2, 0) is 0 Å². The summed E-state index contributed by atoms with van der Waals surface area (Å²) in [7, 11) is -1.68. The highest BCUT2D eigenvalue weighted by molar-refractivity contribution is 6.60. The number of hydrogen-bond acceptors (Lipinski definition) is 4. The predicted molar refractivity (Wildman–Crippen MR) is 82.6 cm³/mol. The molecule has 4 nitrogen and oxygen atoms in total. The maximum atomic E-state index is 13.5. The lowest BCUT2D eigenvalue weighted by molar-refractivity contribution is -0.0102. The van der Waals surface area contributed by atoms with Crippen LogP contribution in [0.1, 0.15) is 19.3 Å². The van der Waals surface area contributed by atoms with Crippen molar-refractivity contribution in [1.82, 2.24) is 4.98 Å². The number of alkyl halides is 2. The molecule has 22 heavy (non-hydrogen) atoms. The van der Waals surface area contributed by atoms with Crippen LogP contribution in [0.4, 0.5) is 14.6 Å². The Labute approximate surface area is 127 Å². The molecule has 7 heteroatoms. The van der Waals surface area contributed by atoms with Gasteiger partial charge in [0.1, 0.15) is 5.82 Å². The van der Waals surface area contributed by atoms with Crippen molar-refractivity contribution in [1.29, 1.82) is 0 Å². The number of anilines is 1. The van der Waals surface area contributed by atoms with Gasteiger partial charge in [-0.2, -0.15) is 0 Å². The largest absolute Gasteiger partial charge is 0.492 e. The van der Waals surface area contributed by atoms with Gasteiger partial charge in [-0.1, -0.05) is 18.2 Å². The van der Waals surface area contributed by atoms with Gasteiger partial charge in [0.05, 0.1) is 5.52 Å². The molecule has 1 aliphatic heterocycles. The van der Waals surface area contributed by atoms with E-state index < -0.39 is 13.0 Å². The fourth-order valence-electron chi connectivity index (χ4n) is 2.84. The molecule has 2 heterocycles. The topological polar surface area (TPSA) is 56.6 Å². The standard InChI is InChI=1S/C15H17BF2N2O2/c17-15(18)6-3-8-20(9-7-15)14-12(16(21)22)10-11-4-1-2-5-13(11)19-14/h1-2,4-5,10,21-22H,3,6-9H2. The van der Waals surface area contributed by atoms with E-state index >= 15 is 0 Å². The highest BCUT2D eigenvalue weighted by Crippen LogP contribution is 2.29. The minimum atomic E-state index is -2.66. The number of hydrogen-bond donors (Lipinski definition) is 2. The van der Waals surface area contributed by atoms with E-state index in [2.05, 4.69) is 4.98 Å². The maximum absolute atomic E-state index is 13.5. The average molecular weight is 306 g/mol. The molecule has 1 fully saturated rings. The number of nitrogens with zero attached hydrogens (tertiary/aromatic N) is 2. The van der Waals surface area contributed by atoms with Crippen LogP contribution in [0.5, 0.6) is 0 Å². The van der Waals surface area contributed by atoms with Crippen LogP contribution in [0.3, 0.4) is 0 Å². The Bertz CT molecular complexity index is 682. The number of halogens is 2. The second-order valence-electron chi connectivity index (χ2n) is 5.66. The first-order chi connectivity index (χ1) is 10.5. The molecule has 0 unspecified atom stereocenters. The second kappa shape index (κ2) is 5.81. The van der Waals surface area contributed by atoms with Gasteiger partial charge in [-0.3, -0.25) is 0 Å². The smallest absolute Gasteiger partial charge is 0.423 e. The molecule has 1 aromatic carbocycles. The van der Waals surface area contributed by atoms with Crippen molar-refractivity contribution in [2.75, 3.05) is 18.0 Å². The van der Waals surface area contributed by atoms with Crippen LogP contribution in [0, 0.1) is 0 Å². The third-order valence-electron chi connectivity index (χ3n) is 4.03. The van der Waals surface area contributed by atoms with Crippen LogP contribution in [0.15, 0.2) is 30.3 Å². The van der Waals surface area contributed by atoms with Crippen molar-refractivity contribution in [2.45, 2.75) is 25.2 Å². The third kappa shape index (κ3) is 3.05. The Hall–Kier alpha value is -1.73. The van der Waals surface area contributed by atoms with E-state index in [9.17, 15) is 18.8 Å². The van der Waals surface area contributed by atoms with Crippen LogP contribution in [0.25, 0.3) is 10.9 Å². The molecule has 3 rings (SSSR count). The summed E-state index contributed by atoms with van der Waals surface area (Å²) >= 11 is 0. The number of fused-ring (bicyclic) bond motifs is 1. The van der Waals surface area contributed by atoms with Crippen molar-refractivity contribution in [3.8, 4) is 0 Å². The number of aromatic nitrogens is 1. The number of pyridine rings is 1. The molecule has 0 bridgehead atoms. The molecule has 0 radical (unpaired) electrons. The summed E-state index contributed by atoms with van der Waals surface area (Å²) in [6.45, 7) is 0.582. The summed E-state index contributed by atoms with van der Waals surface area (Å²) in [4.78, 5) is 6.19. The minimum absolute atomic E-state index is 0.145. The molecule has 0 atom stereocenters. The molecule has 116 valence electrons. The summed E-state index contributed by atoms with van der Waals surface area (Å²) < 4.78 is 27.0. The van der Waals surface area contributed by atoms with Gasteiger partial charge in [-0.25, -0.2) is 13.8 Å². The lowest BCUT2D eigenvalue weighted by Crippen LogP contribution is -2.39. The van der Waals surface area contributed by atoms with E-state index in [1.165, 1.54) is 0 Å². The number of rotatable bonds is 2. The third-order valence-corrected chi connectivity index (χ3v) is 4.03. The second-order valence-corrected chi connectivity index (χ2v) is 5.66. The molecule has 0 aliphatic carbocycles. The van der Waals surface area contributed by atoms with Gasteiger partial charge < -0.3 is 14.9 Å². The minimum Gasteiger partial charge on any atom is -0.423 e. The van der Waals surface area contributed by atoms with E-state index in [1.54, 1.807) is 11.0 Å². The molecule has 0 saturated carbocycles. The van der Waals surface area contributed by atoms with Crippen molar-refractivity contribution in [2.24, 2.45) is 0 Å². The fraction of sp³-hybridized carbons (Fsp3) is 0.400. The SMILES string of the molecule is OB(O)c1cc2ccccc2nc1N1CCCC(F)(F)CC1. The van der Waals surface area contributed by atoms with Crippen molar-refractivity contribution < 1.29 is 18.8 Å². The fourth-order valence-corrected chi connectivity index (χ4v) is 2.84. The predicted octanol–water partition coefficient (Wildman–Crippen LogP) is 1.54. The van der Waals surface area contributed by atoms with Crippen LogP contribution in [0.2, 0.25) is 0 Å². The Morgan fingerprint density at radius 2 is 1.91 bits per heavy atom. The monoisotopic (exact) mass is 306 g/mol. The normalized spacial score (nSPS) is 18.3. The lowest BCUT2D eigenvalue weighted by Gasteiger charge is -2.24. The van der Waals surface area contributed by atoms with E-state index in [0.717, 1.165) is 5.39 Å². The quantitative estimate of drug-likeness (QED) is 0.827. The Morgan fingerprint density at radius 1 is 1.14 bits per heavy atom. The maximum Gasteiger partial charge on any atom is 0.492 e. The van der Waals surface area contributed by atoms with Crippen LogP contribution >= 0.6 is 0 Å². The van der Waals surface area contributed by atoms with Gasteiger partial charge >= 0.3 is 7.12 Å². The summed E-state index contributed by atoms with van der Waals surface area (Å²) in [6.07, 6.45) is -0.0426. The van der Waals surface area contributed by atoms with Gasteiger partial charge in [-0.05, 0) is 23.9 Å². The van der Waals surface area contributed by atoms with E-state index in [1.807, 2.05) is 24.3 Å². The molecule has 2 N–H and O–H groups in total. The van der Waals surface area contributed by atoms with Gasteiger partial charge in [0.15, 0.2) is 0 Å². The molecule has 1 aliphatic rings. The van der Waals surface area contributed by atoms with Gasteiger partial charge in [-0.15, -0.1) is 0 Å². The van der Waals surface area contributed by atoms with Gasteiger partial charge in [0.25, 0.3) is 0 Å². The van der Waals surface area contributed by atoms with Gasteiger partial charge in [0, 0.05) is 31.4 Å². The van der Waals surface area contributed by atoms with Gasteiger partial charge in [0.2, 0.25) is 5.92 Å². The Morgan fingerprint density at radius 3 is 2.68 bits per heavy atom. The molecular formula is C15H17BF2N2O2. The highest BCUT2D eigenvalue weighted by atomic mass is 19.3. The van der Waals surface area contributed by atoms with Crippen molar-refractivity contribution in [3.63, 3.8) is 0 Å². The zero-order valence-corrected chi connectivity index (χ0v) is 12.0. The average Bonchev–Trinajstić information content (AvgIpc) is 2.66. The first-order valence-corrected chi connectivity index (χ1v) is 7.35. The number of benzene rings is 1. The van der Waals surface area contributed by atoms with Crippen LogP contribution in [-0.4, -0.2) is 41.2 Å². The Balaban J connectivity index is 2.02. The zero-order chi connectivity index (χ0) is 15.7. The molecule has 1 aromatic heterocycles. The number of para-hydroxylation sites is 1. The molecular weight excluding hydrogens is 289 g/mol. The van der Waals surface area contributed by atoms with E-state index in [-0.39, 0.29) is 24.8 Å². The first kappa shape index (κ1) is 15.2. The molecule has 0 amide bonds. The summed E-state index contributed by atoms with van der Waals surface area (Å²) in [5.41, 5.74) is 0.960. The summed E-state index contributed by atoms with van der Waals surface area (Å²) in [5.74, 6) is -2.28. The Kier molecular flexibility index (Phi) is 4.01. The molecule has 2 aromatic rings. The van der Waals surface area contributed by atoms with Crippen molar-refractivity contribution >= 4 is 29.3 Å². The molecule has 0 spiro atoms. The van der Waals surface area contributed by atoms with Crippen LogP contribution < -0.4 is 10.4 Å². The first-order valence-electron chi connectivity index (χ1n) is 7.35. The highest BCUT2D eigenvalue weighted by Gasteiger charge is 2.33.